The summed E-state index contributed by atoms with van der Waals surface area (Å²) < 4.78 is 0. The maximum Gasteiger partial charge on any atom is 0.234 e. The maximum absolute atomic E-state index is 12.2. The fourth-order valence-corrected chi connectivity index (χ4v) is 4.22. The van der Waals surface area contributed by atoms with Crippen LogP contribution >= 0.6 is 11.8 Å². The number of hydrogen-bond acceptors (Lipinski definition) is 6. The Balaban J connectivity index is 1.43. The number of aromatic nitrogens is 2. The number of nitrogens with zero attached hydrogens (tertiary/aromatic N) is 3. The lowest BCUT2D eigenvalue weighted by Crippen LogP contribution is -2.41. The summed E-state index contributed by atoms with van der Waals surface area (Å²) in [5, 5.41) is 15.2. The first-order chi connectivity index (χ1) is 15.5. The van der Waals surface area contributed by atoms with Crippen molar-refractivity contribution in [3.05, 3.63) is 42.0 Å². The molecule has 0 bridgehead atoms. The van der Waals surface area contributed by atoms with Crippen molar-refractivity contribution >= 4 is 35.1 Å². The first kappa shape index (κ1) is 24.0. The topological polar surface area (TPSA) is 87.2 Å². The van der Waals surface area contributed by atoms with Gasteiger partial charge >= 0.3 is 0 Å². The van der Waals surface area contributed by atoms with E-state index >= 15 is 0 Å². The molecule has 7 nitrogen and oxygen atoms in total. The molecule has 1 aliphatic rings. The van der Waals surface area contributed by atoms with Crippen LogP contribution in [0.5, 0.6) is 0 Å². The average Bonchev–Trinajstić information content (AvgIpc) is 2.82. The lowest BCUT2D eigenvalue weighted by atomic mass is 9.96. The zero-order valence-corrected chi connectivity index (χ0v) is 20.0. The molecule has 0 unspecified atom stereocenters. The van der Waals surface area contributed by atoms with Gasteiger partial charge in [0.05, 0.1) is 5.75 Å². The van der Waals surface area contributed by atoms with Gasteiger partial charge in [-0.05, 0) is 55.0 Å². The van der Waals surface area contributed by atoms with Crippen molar-refractivity contribution in [3.8, 4) is 0 Å². The number of hydrogen-bond donors (Lipinski definition) is 2. The molecule has 172 valence electrons. The molecule has 1 saturated heterocycles. The summed E-state index contributed by atoms with van der Waals surface area (Å²) in [5.41, 5.74) is 2.05. The number of piperidine rings is 1. The first-order valence-electron chi connectivity index (χ1n) is 11.3. The molecule has 2 amide bonds. The third-order valence-corrected chi connectivity index (χ3v) is 6.50. The van der Waals surface area contributed by atoms with Gasteiger partial charge < -0.3 is 15.5 Å². The molecule has 0 radical (unpaired) electrons. The van der Waals surface area contributed by atoms with Crippen molar-refractivity contribution in [1.29, 1.82) is 0 Å². The SMILES string of the molecule is CCCNC(=O)C1CCN(c2ccc(SCC(=O)Nc3ccc(C(C)C)cc3)nn2)CC1. The van der Waals surface area contributed by atoms with Crippen molar-refractivity contribution in [2.75, 3.05) is 35.6 Å². The van der Waals surface area contributed by atoms with E-state index in [2.05, 4.69) is 46.5 Å². The van der Waals surface area contributed by atoms with Crippen molar-refractivity contribution in [2.24, 2.45) is 5.92 Å². The van der Waals surface area contributed by atoms with E-state index in [4.69, 9.17) is 0 Å². The van der Waals surface area contributed by atoms with E-state index in [1.807, 2.05) is 36.4 Å². The molecule has 1 fully saturated rings. The number of benzene rings is 1. The number of amides is 2. The minimum atomic E-state index is -0.0680. The lowest BCUT2D eigenvalue weighted by Gasteiger charge is -2.31. The monoisotopic (exact) mass is 455 g/mol. The zero-order valence-electron chi connectivity index (χ0n) is 19.1. The van der Waals surface area contributed by atoms with Crippen LogP contribution in [0.4, 0.5) is 11.5 Å². The van der Waals surface area contributed by atoms with Crippen LogP contribution in [-0.2, 0) is 9.59 Å². The van der Waals surface area contributed by atoms with Crippen LogP contribution in [0.3, 0.4) is 0 Å². The van der Waals surface area contributed by atoms with Crippen LogP contribution < -0.4 is 15.5 Å². The van der Waals surface area contributed by atoms with Crippen molar-refractivity contribution in [1.82, 2.24) is 15.5 Å². The van der Waals surface area contributed by atoms with E-state index in [9.17, 15) is 9.59 Å². The molecule has 8 heteroatoms. The van der Waals surface area contributed by atoms with Gasteiger partial charge in [-0.15, -0.1) is 10.2 Å². The Labute approximate surface area is 194 Å². The lowest BCUT2D eigenvalue weighted by molar-refractivity contribution is -0.125. The molecule has 2 N–H and O–H groups in total. The van der Waals surface area contributed by atoms with Crippen molar-refractivity contribution in [3.63, 3.8) is 0 Å². The van der Waals surface area contributed by atoms with Gasteiger partial charge in [0.25, 0.3) is 0 Å². The normalized spacial score (nSPS) is 14.4. The number of rotatable bonds is 9. The summed E-state index contributed by atoms with van der Waals surface area (Å²) in [6.45, 7) is 8.68. The second-order valence-corrected chi connectivity index (χ2v) is 9.39. The summed E-state index contributed by atoms with van der Waals surface area (Å²) >= 11 is 1.37. The minimum Gasteiger partial charge on any atom is -0.356 e. The quantitative estimate of drug-likeness (QED) is 0.554. The number of carbonyl (C=O) groups excluding carboxylic acids is 2. The largest absolute Gasteiger partial charge is 0.356 e. The molecule has 0 aliphatic carbocycles. The van der Waals surface area contributed by atoms with Crippen LogP contribution in [-0.4, -0.2) is 47.4 Å². The van der Waals surface area contributed by atoms with Gasteiger partial charge in [-0.2, -0.15) is 0 Å². The summed E-state index contributed by atoms with van der Waals surface area (Å²) in [4.78, 5) is 26.6. The zero-order chi connectivity index (χ0) is 22.9. The second-order valence-electron chi connectivity index (χ2n) is 8.40. The third kappa shape index (κ3) is 6.95. The Morgan fingerprint density at radius 3 is 2.41 bits per heavy atom. The van der Waals surface area contributed by atoms with Gasteiger partial charge in [-0.1, -0.05) is 44.7 Å². The molecule has 0 saturated carbocycles. The Bertz CT molecular complexity index is 878. The number of anilines is 2. The van der Waals surface area contributed by atoms with Gasteiger partial charge in [0.1, 0.15) is 5.03 Å². The van der Waals surface area contributed by atoms with Crippen LogP contribution in [0.2, 0.25) is 0 Å². The van der Waals surface area contributed by atoms with Gasteiger partial charge in [-0.3, -0.25) is 9.59 Å². The Hall–Kier alpha value is -2.61. The highest BCUT2D eigenvalue weighted by Gasteiger charge is 2.25. The highest BCUT2D eigenvalue weighted by molar-refractivity contribution is 7.99. The molecular formula is C24H33N5O2S. The smallest absolute Gasteiger partial charge is 0.234 e. The number of carbonyl (C=O) groups is 2. The highest BCUT2D eigenvalue weighted by Crippen LogP contribution is 2.23. The summed E-state index contributed by atoms with van der Waals surface area (Å²) in [7, 11) is 0. The molecule has 32 heavy (non-hydrogen) atoms. The Morgan fingerprint density at radius 2 is 1.81 bits per heavy atom. The van der Waals surface area contributed by atoms with Crippen LogP contribution in [0.25, 0.3) is 0 Å². The minimum absolute atomic E-state index is 0.0680. The van der Waals surface area contributed by atoms with E-state index in [0.717, 1.165) is 50.4 Å². The highest BCUT2D eigenvalue weighted by atomic mass is 32.2. The van der Waals surface area contributed by atoms with E-state index in [1.165, 1.54) is 17.3 Å². The molecular weight excluding hydrogens is 422 g/mol. The molecule has 0 atom stereocenters. The van der Waals surface area contributed by atoms with Crippen LogP contribution in [0.15, 0.2) is 41.4 Å². The summed E-state index contributed by atoms with van der Waals surface area (Å²) in [5.74, 6) is 1.74. The molecule has 1 aromatic carbocycles. The second kappa shape index (κ2) is 11.9. The standard InChI is InChI=1S/C24H33N5O2S/c1-4-13-25-24(31)19-11-14-29(15-12-19)21-9-10-23(28-27-21)32-16-22(30)26-20-7-5-18(6-8-20)17(2)3/h5-10,17,19H,4,11-16H2,1-3H3,(H,25,31)(H,26,30). The molecule has 2 heterocycles. The van der Waals surface area contributed by atoms with Gasteiger partial charge in [0, 0.05) is 31.2 Å². The molecule has 1 aliphatic heterocycles. The fraction of sp³-hybridized carbons (Fsp3) is 0.500. The predicted molar refractivity (Wildman–Crippen MR) is 130 cm³/mol. The van der Waals surface area contributed by atoms with E-state index in [-0.39, 0.29) is 23.5 Å². The molecule has 1 aromatic heterocycles. The predicted octanol–water partition coefficient (Wildman–Crippen LogP) is 4.07. The van der Waals surface area contributed by atoms with Crippen LogP contribution in [0.1, 0.15) is 51.5 Å². The fourth-order valence-electron chi connectivity index (χ4n) is 3.61. The third-order valence-electron chi connectivity index (χ3n) is 5.58. The maximum atomic E-state index is 12.2. The van der Waals surface area contributed by atoms with Gasteiger partial charge in [-0.25, -0.2) is 0 Å². The van der Waals surface area contributed by atoms with Crippen molar-refractivity contribution in [2.45, 2.75) is 51.0 Å². The number of thioether (sulfide) groups is 1. The van der Waals surface area contributed by atoms with E-state index < -0.39 is 0 Å². The van der Waals surface area contributed by atoms with Gasteiger partial charge in [0.2, 0.25) is 11.8 Å². The molecule has 3 rings (SSSR count). The first-order valence-corrected chi connectivity index (χ1v) is 12.3. The van der Waals surface area contributed by atoms with Crippen LogP contribution in [0, 0.1) is 5.92 Å². The summed E-state index contributed by atoms with van der Waals surface area (Å²) in [6.07, 6.45) is 2.61. The average molecular weight is 456 g/mol. The number of nitrogens with one attached hydrogen (secondary N) is 2. The Morgan fingerprint density at radius 1 is 1.09 bits per heavy atom. The van der Waals surface area contributed by atoms with Crippen molar-refractivity contribution < 1.29 is 9.59 Å². The molecule has 2 aromatic rings. The van der Waals surface area contributed by atoms with E-state index in [1.54, 1.807) is 0 Å². The van der Waals surface area contributed by atoms with Gasteiger partial charge in [0.15, 0.2) is 5.82 Å². The van der Waals surface area contributed by atoms with E-state index in [0.29, 0.717) is 10.9 Å². The molecule has 0 spiro atoms. The summed E-state index contributed by atoms with van der Waals surface area (Å²) in [6, 6.07) is 11.8. The Kier molecular flexibility index (Phi) is 8.90.